The smallest absolute Gasteiger partial charge is 0.339 e. The Labute approximate surface area is 161 Å². The molecule has 152 valence electrons. The fraction of sp³-hybridized carbons (Fsp3) is 0.783. The first-order valence-electron chi connectivity index (χ1n) is 10.9. The molecule has 0 aliphatic carbocycles. The van der Waals surface area contributed by atoms with E-state index >= 15 is 0 Å². The van der Waals surface area contributed by atoms with E-state index in [0.717, 1.165) is 24.8 Å². The van der Waals surface area contributed by atoms with Gasteiger partial charge >= 0.3 is 5.97 Å². The standard InChI is InChI=1S/C23H42O3/c1-4-7-8-9-10-11-12-13-14-15-16-17-18-19-20(5-2)22(23(25)26)21(24)6-3/h5,24H,4,6-19H2,1-3H3,(H,25,26)/b20-5-,22-21-. The van der Waals surface area contributed by atoms with Crippen molar-refractivity contribution in [3.05, 3.63) is 23.0 Å². The van der Waals surface area contributed by atoms with Crippen LogP contribution in [0.15, 0.2) is 23.0 Å². The van der Waals surface area contributed by atoms with Gasteiger partial charge in [-0.15, -0.1) is 0 Å². The van der Waals surface area contributed by atoms with Crippen molar-refractivity contribution < 1.29 is 15.0 Å². The number of allylic oxidation sites excluding steroid dienone is 2. The highest BCUT2D eigenvalue weighted by molar-refractivity contribution is 5.92. The largest absolute Gasteiger partial charge is 0.511 e. The maximum absolute atomic E-state index is 11.4. The second kappa shape index (κ2) is 17.2. The summed E-state index contributed by atoms with van der Waals surface area (Å²) in [5.41, 5.74) is 0.869. The molecular formula is C23H42O3. The fourth-order valence-corrected chi connectivity index (χ4v) is 3.37. The summed E-state index contributed by atoms with van der Waals surface area (Å²) in [6.45, 7) is 5.89. The number of hydrogen-bond donors (Lipinski definition) is 2. The lowest BCUT2D eigenvalue weighted by Crippen LogP contribution is -2.07. The molecule has 0 rings (SSSR count). The predicted octanol–water partition coefficient (Wildman–Crippen LogP) is 7.72. The number of hydrogen-bond acceptors (Lipinski definition) is 2. The summed E-state index contributed by atoms with van der Waals surface area (Å²) in [6.07, 6.45) is 19.9. The molecule has 0 saturated carbocycles. The first kappa shape index (κ1) is 24.8. The monoisotopic (exact) mass is 366 g/mol. The van der Waals surface area contributed by atoms with Crippen LogP contribution in [0.1, 0.15) is 117 Å². The molecule has 0 aliphatic heterocycles. The molecule has 0 fully saturated rings. The maximum atomic E-state index is 11.4. The van der Waals surface area contributed by atoms with E-state index in [9.17, 15) is 15.0 Å². The van der Waals surface area contributed by atoms with E-state index in [-0.39, 0.29) is 11.3 Å². The van der Waals surface area contributed by atoms with Crippen molar-refractivity contribution in [1.82, 2.24) is 0 Å². The lowest BCUT2D eigenvalue weighted by atomic mass is 9.97. The van der Waals surface area contributed by atoms with Crippen LogP contribution < -0.4 is 0 Å². The van der Waals surface area contributed by atoms with Crippen molar-refractivity contribution >= 4 is 5.97 Å². The van der Waals surface area contributed by atoms with Gasteiger partial charge < -0.3 is 10.2 Å². The van der Waals surface area contributed by atoms with Gasteiger partial charge in [-0.1, -0.05) is 97.0 Å². The Morgan fingerprint density at radius 2 is 1.15 bits per heavy atom. The molecule has 0 aromatic heterocycles. The summed E-state index contributed by atoms with van der Waals surface area (Å²) >= 11 is 0. The molecule has 0 unspecified atom stereocenters. The zero-order valence-electron chi connectivity index (χ0n) is 17.5. The zero-order valence-corrected chi connectivity index (χ0v) is 17.5. The van der Waals surface area contributed by atoms with E-state index in [1.807, 2.05) is 13.0 Å². The number of aliphatic hydroxyl groups excluding tert-OH is 1. The van der Waals surface area contributed by atoms with Crippen molar-refractivity contribution in [3.8, 4) is 0 Å². The summed E-state index contributed by atoms with van der Waals surface area (Å²) in [5.74, 6) is -1.03. The molecule has 0 aromatic carbocycles. The Bertz CT molecular complexity index is 421. The quantitative estimate of drug-likeness (QED) is 0.120. The van der Waals surface area contributed by atoms with Crippen molar-refractivity contribution in [3.63, 3.8) is 0 Å². The van der Waals surface area contributed by atoms with Crippen molar-refractivity contribution in [2.45, 2.75) is 117 Å². The number of carbonyl (C=O) groups is 1. The Kier molecular flexibility index (Phi) is 16.4. The SMILES string of the molecule is C/C=C(CCCCCCCCCCCCCCC)\C(C(=O)O)=C(\O)CC. The topological polar surface area (TPSA) is 57.5 Å². The number of aliphatic hydroxyl groups is 1. The van der Waals surface area contributed by atoms with Crippen LogP contribution in [0.3, 0.4) is 0 Å². The van der Waals surface area contributed by atoms with Crippen molar-refractivity contribution in [1.29, 1.82) is 0 Å². The van der Waals surface area contributed by atoms with Gasteiger partial charge in [0.15, 0.2) is 0 Å². The third-order valence-corrected chi connectivity index (χ3v) is 5.06. The molecule has 0 amide bonds. The van der Waals surface area contributed by atoms with Crippen LogP contribution in [0.5, 0.6) is 0 Å². The molecule has 0 spiro atoms. The van der Waals surface area contributed by atoms with Crippen LogP contribution in [0.4, 0.5) is 0 Å². The van der Waals surface area contributed by atoms with Crippen LogP contribution in [0.2, 0.25) is 0 Å². The first-order chi connectivity index (χ1) is 12.6. The van der Waals surface area contributed by atoms with Gasteiger partial charge in [0.05, 0.1) is 5.57 Å². The van der Waals surface area contributed by atoms with Gasteiger partial charge in [0.2, 0.25) is 0 Å². The molecule has 0 heterocycles. The number of aliphatic carboxylic acids is 1. The van der Waals surface area contributed by atoms with Crippen LogP contribution in [0.25, 0.3) is 0 Å². The number of carboxylic acids is 1. The Morgan fingerprint density at radius 1 is 0.731 bits per heavy atom. The fourth-order valence-electron chi connectivity index (χ4n) is 3.37. The Hall–Kier alpha value is -1.25. The highest BCUT2D eigenvalue weighted by atomic mass is 16.4. The molecule has 26 heavy (non-hydrogen) atoms. The van der Waals surface area contributed by atoms with Gasteiger partial charge in [0, 0.05) is 6.42 Å². The molecule has 2 N–H and O–H groups in total. The van der Waals surface area contributed by atoms with E-state index in [4.69, 9.17) is 0 Å². The van der Waals surface area contributed by atoms with Gasteiger partial charge in [-0.2, -0.15) is 0 Å². The second-order valence-corrected chi connectivity index (χ2v) is 7.29. The lowest BCUT2D eigenvalue weighted by Gasteiger charge is -2.10. The van der Waals surface area contributed by atoms with E-state index < -0.39 is 5.97 Å². The van der Waals surface area contributed by atoms with E-state index in [0.29, 0.717) is 6.42 Å². The summed E-state index contributed by atoms with van der Waals surface area (Å²) < 4.78 is 0. The summed E-state index contributed by atoms with van der Waals surface area (Å²) in [4.78, 5) is 11.4. The molecule has 0 atom stereocenters. The van der Waals surface area contributed by atoms with Crippen LogP contribution >= 0.6 is 0 Å². The number of rotatable bonds is 17. The molecule has 3 heteroatoms. The minimum absolute atomic E-state index is 0.0136. The van der Waals surface area contributed by atoms with Gasteiger partial charge in [0.25, 0.3) is 0 Å². The molecular weight excluding hydrogens is 324 g/mol. The third kappa shape index (κ3) is 12.2. The molecule has 0 saturated heterocycles. The Morgan fingerprint density at radius 3 is 1.50 bits per heavy atom. The zero-order chi connectivity index (χ0) is 19.6. The van der Waals surface area contributed by atoms with Crippen molar-refractivity contribution in [2.75, 3.05) is 0 Å². The van der Waals surface area contributed by atoms with Crippen molar-refractivity contribution in [2.24, 2.45) is 0 Å². The van der Waals surface area contributed by atoms with Crippen LogP contribution in [-0.2, 0) is 4.79 Å². The maximum Gasteiger partial charge on any atom is 0.339 e. The lowest BCUT2D eigenvalue weighted by molar-refractivity contribution is -0.132. The normalized spacial score (nSPS) is 13.0. The third-order valence-electron chi connectivity index (χ3n) is 5.06. The minimum atomic E-state index is -1.02. The minimum Gasteiger partial charge on any atom is -0.511 e. The molecule has 0 radical (unpaired) electrons. The average Bonchev–Trinajstić information content (AvgIpc) is 2.63. The summed E-state index contributed by atoms with van der Waals surface area (Å²) in [5, 5.41) is 19.2. The number of unbranched alkanes of at least 4 members (excludes halogenated alkanes) is 12. The summed E-state index contributed by atoms with van der Waals surface area (Å²) in [6, 6.07) is 0. The second-order valence-electron chi connectivity index (χ2n) is 7.29. The van der Waals surface area contributed by atoms with E-state index in [2.05, 4.69) is 6.92 Å². The number of carboxylic acid groups (broad SMARTS) is 1. The van der Waals surface area contributed by atoms with Crippen LogP contribution in [-0.4, -0.2) is 16.2 Å². The molecule has 3 nitrogen and oxygen atoms in total. The predicted molar refractivity (Wildman–Crippen MR) is 112 cm³/mol. The Balaban J connectivity index is 3.75. The molecule has 0 aliphatic rings. The van der Waals surface area contributed by atoms with Gasteiger partial charge in [-0.25, -0.2) is 4.79 Å². The highest BCUT2D eigenvalue weighted by Crippen LogP contribution is 2.22. The molecule has 0 bridgehead atoms. The van der Waals surface area contributed by atoms with Gasteiger partial charge in [-0.05, 0) is 25.3 Å². The van der Waals surface area contributed by atoms with Crippen LogP contribution in [0, 0.1) is 0 Å². The van der Waals surface area contributed by atoms with E-state index in [1.54, 1.807) is 6.92 Å². The van der Waals surface area contributed by atoms with E-state index in [1.165, 1.54) is 70.6 Å². The molecule has 0 aromatic rings. The average molecular weight is 367 g/mol. The summed E-state index contributed by atoms with van der Waals surface area (Å²) in [7, 11) is 0. The highest BCUT2D eigenvalue weighted by Gasteiger charge is 2.17. The van der Waals surface area contributed by atoms with Gasteiger partial charge in [0.1, 0.15) is 5.76 Å². The van der Waals surface area contributed by atoms with Gasteiger partial charge in [-0.3, -0.25) is 0 Å². The first-order valence-corrected chi connectivity index (χ1v) is 10.9.